The molecular formula is C14H16BrN3O. The van der Waals surface area contributed by atoms with Gasteiger partial charge < -0.3 is 15.2 Å². The predicted molar refractivity (Wildman–Crippen MR) is 78.9 cm³/mol. The second-order valence-corrected chi connectivity index (χ2v) is 5.95. The van der Waals surface area contributed by atoms with E-state index in [1.54, 1.807) is 6.07 Å². The highest BCUT2D eigenvalue weighted by Gasteiger charge is 2.23. The van der Waals surface area contributed by atoms with Crippen molar-refractivity contribution < 1.29 is 4.52 Å². The number of nitrogens with zero attached hydrogens (tertiary/aromatic N) is 2. The summed E-state index contributed by atoms with van der Waals surface area (Å²) in [6.07, 6.45) is 1.21. The van der Waals surface area contributed by atoms with Gasteiger partial charge in [0.05, 0.1) is 0 Å². The topological polar surface area (TPSA) is 55.3 Å². The van der Waals surface area contributed by atoms with Gasteiger partial charge in [0.15, 0.2) is 0 Å². The molecule has 1 aliphatic heterocycles. The number of likely N-dealkylation sites (N-methyl/N-ethyl adjacent to an activating group) is 1. The molecule has 1 fully saturated rings. The summed E-state index contributed by atoms with van der Waals surface area (Å²) in [5, 5.41) is 3.94. The van der Waals surface area contributed by atoms with Crippen molar-refractivity contribution in [1.29, 1.82) is 0 Å². The van der Waals surface area contributed by atoms with E-state index in [2.05, 4.69) is 51.2 Å². The van der Waals surface area contributed by atoms with Crippen molar-refractivity contribution in [3.8, 4) is 11.3 Å². The van der Waals surface area contributed by atoms with Crippen LogP contribution < -0.4 is 5.73 Å². The highest BCUT2D eigenvalue weighted by molar-refractivity contribution is 9.10. The Morgan fingerprint density at radius 3 is 2.84 bits per heavy atom. The zero-order valence-electron chi connectivity index (χ0n) is 10.8. The van der Waals surface area contributed by atoms with Crippen LogP contribution in [0.5, 0.6) is 0 Å². The molecular weight excluding hydrogens is 306 g/mol. The molecule has 1 unspecified atom stereocenters. The fourth-order valence-corrected chi connectivity index (χ4v) is 3.33. The number of nitrogens with two attached hydrogens (primary N) is 1. The number of hydrogen-bond acceptors (Lipinski definition) is 4. The van der Waals surface area contributed by atoms with Gasteiger partial charge in [-0.1, -0.05) is 33.2 Å². The molecule has 2 aromatic rings. The van der Waals surface area contributed by atoms with Crippen molar-refractivity contribution in [2.45, 2.75) is 12.3 Å². The van der Waals surface area contributed by atoms with Crippen LogP contribution in [0.2, 0.25) is 0 Å². The number of halogens is 1. The summed E-state index contributed by atoms with van der Waals surface area (Å²) in [5.74, 6) is 0.948. The number of likely N-dealkylation sites (tertiary alicyclic amines) is 1. The van der Waals surface area contributed by atoms with Crippen LogP contribution >= 0.6 is 15.9 Å². The van der Waals surface area contributed by atoms with E-state index in [0.29, 0.717) is 11.8 Å². The first-order chi connectivity index (χ1) is 9.13. The first kappa shape index (κ1) is 12.7. The van der Waals surface area contributed by atoms with Gasteiger partial charge >= 0.3 is 0 Å². The zero-order valence-corrected chi connectivity index (χ0v) is 12.4. The second-order valence-electron chi connectivity index (χ2n) is 5.10. The third-order valence-electron chi connectivity index (χ3n) is 3.66. The van der Waals surface area contributed by atoms with E-state index >= 15 is 0 Å². The van der Waals surface area contributed by atoms with Crippen LogP contribution in [0.25, 0.3) is 11.3 Å². The molecule has 2 heterocycles. The Bertz CT molecular complexity index is 596. The lowest BCUT2D eigenvalue weighted by Gasteiger charge is -2.13. The van der Waals surface area contributed by atoms with Crippen molar-refractivity contribution in [2.75, 3.05) is 25.9 Å². The minimum absolute atomic E-state index is 0.340. The third-order valence-corrected chi connectivity index (χ3v) is 4.34. The Hall–Kier alpha value is -1.33. The van der Waals surface area contributed by atoms with E-state index in [1.807, 2.05) is 0 Å². The zero-order chi connectivity index (χ0) is 13.4. The van der Waals surface area contributed by atoms with Crippen molar-refractivity contribution in [3.63, 3.8) is 0 Å². The highest BCUT2D eigenvalue weighted by atomic mass is 79.9. The van der Waals surface area contributed by atoms with Gasteiger partial charge in [0.25, 0.3) is 0 Å². The van der Waals surface area contributed by atoms with Crippen LogP contribution in [0.1, 0.15) is 17.9 Å². The monoisotopic (exact) mass is 321 g/mol. The molecule has 5 heteroatoms. The maximum atomic E-state index is 5.55. The second kappa shape index (κ2) is 4.98. The Kier molecular flexibility index (Phi) is 3.33. The fourth-order valence-electron chi connectivity index (χ4n) is 2.63. The molecule has 0 amide bonds. The van der Waals surface area contributed by atoms with Crippen LogP contribution in [0.4, 0.5) is 5.88 Å². The molecule has 4 nitrogen and oxygen atoms in total. The van der Waals surface area contributed by atoms with Crippen LogP contribution in [0, 0.1) is 0 Å². The molecule has 19 heavy (non-hydrogen) atoms. The number of hydrogen-bond donors (Lipinski definition) is 1. The lowest BCUT2D eigenvalue weighted by Crippen LogP contribution is -2.13. The van der Waals surface area contributed by atoms with Gasteiger partial charge in [-0.25, -0.2) is 0 Å². The molecule has 1 saturated heterocycles. The van der Waals surface area contributed by atoms with E-state index in [4.69, 9.17) is 10.3 Å². The molecule has 0 radical (unpaired) electrons. The number of aromatic nitrogens is 1. The van der Waals surface area contributed by atoms with Gasteiger partial charge in [-0.2, -0.15) is 0 Å². The molecule has 100 valence electrons. The minimum atomic E-state index is 0.340. The normalized spacial score (nSPS) is 20.0. The summed E-state index contributed by atoms with van der Waals surface area (Å²) < 4.78 is 6.04. The third kappa shape index (κ3) is 2.53. The maximum Gasteiger partial charge on any atom is 0.222 e. The number of rotatable bonds is 2. The summed E-state index contributed by atoms with van der Waals surface area (Å²) in [6, 6.07) is 8.08. The van der Waals surface area contributed by atoms with Crippen LogP contribution in [-0.2, 0) is 0 Å². The van der Waals surface area contributed by atoms with E-state index in [-0.39, 0.29) is 0 Å². The summed E-state index contributed by atoms with van der Waals surface area (Å²) in [6.45, 7) is 2.29. The van der Waals surface area contributed by atoms with E-state index in [1.165, 1.54) is 18.5 Å². The van der Waals surface area contributed by atoms with E-state index in [9.17, 15) is 0 Å². The first-order valence-corrected chi connectivity index (χ1v) is 7.13. The van der Waals surface area contributed by atoms with Crippen LogP contribution in [-0.4, -0.2) is 30.2 Å². The Morgan fingerprint density at radius 1 is 1.42 bits per heavy atom. The standard InChI is InChI=1S/C14H16BrN3O/c1-18-5-4-10(8-18)11-3-2-9(6-12(11)15)13-7-14(16)19-17-13/h2-3,6-7,10H,4-5,8,16H2,1H3. The Morgan fingerprint density at radius 2 is 2.26 bits per heavy atom. The lowest BCUT2D eigenvalue weighted by atomic mass is 9.97. The molecule has 0 saturated carbocycles. The van der Waals surface area contributed by atoms with Gasteiger partial charge in [0.2, 0.25) is 5.88 Å². The van der Waals surface area contributed by atoms with Crippen LogP contribution in [0.15, 0.2) is 33.3 Å². The molecule has 1 aliphatic rings. The molecule has 1 aromatic carbocycles. The van der Waals surface area contributed by atoms with Gasteiger partial charge in [0.1, 0.15) is 5.69 Å². The molecule has 0 spiro atoms. The largest absolute Gasteiger partial charge is 0.368 e. The molecule has 3 rings (SSSR count). The summed E-state index contributed by atoms with van der Waals surface area (Å²) in [7, 11) is 2.17. The average Bonchev–Trinajstić information content (AvgIpc) is 2.98. The minimum Gasteiger partial charge on any atom is -0.368 e. The maximum absolute atomic E-state index is 5.55. The average molecular weight is 322 g/mol. The lowest BCUT2D eigenvalue weighted by molar-refractivity contribution is 0.411. The molecule has 0 aliphatic carbocycles. The van der Waals surface area contributed by atoms with Gasteiger partial charge in [-0.3, -0.25) is 0 Å². The first-order valence-electron chi connectivity index (χ1n) is 6.34. The highest BCUT2D eigenvalue weighted by Crippen LogP contribution is 2.34. The number of benzene rings is 1. The molecule has 2 N–H and O–H groups in total. The van der Waals surface area contributed by atoms with Gasteiger partial charge in [-0.05, 0) is 37.6 Å². The molecule has 1 atom stereocenters. The predicted octanol–water partition coefficient (Wildman–Crippen LogP) is 3.11. The van der Waals surface area contributed by atoms with Gasteiger partial charge in [0, 0.05) is 22.6 Å². The van der Waals surface area contributed by atoms with Crippen molar-refractivity contribution in [1.82, 2.24) is 10.1 Å². The summed E-state index contributed by atoms with van der Waals surface area (Å²) in [4.78, 5) is 2.36. The molecule has 0 bridgehead atoms. The van der Waals surface area contributed by atoms with Crippen molar-refractivity contribution in [2.24, 2.45) is 0 Å². The van der Waals surface area contributed by atoms with E-state index < -0.39 is 0 Å². The smallest absolute Gasteiger partial charge is 0.222 e. The Labute approximate surface area is 120 Å². The van der Waals surface area contributed by atoms with Crippen molar-refractivity contribution >= 4 is 21.8 Å². The Balaban J connectivity index is 1.89. The summed E-state index contributed by atoms with van der Waals surface area (Å²) >= 11 is 3.67. The van der Waals surface area contributed by atoms with E-state index in [0.717, 1.165) is 22.3 Å². The number of nitrogen functional groups attached to an aromatic ring is 1. The summed E-state index contributed by atoms with van der Waals surface area (Å²) in [5.41, 5.74) is 8.71. The quantitative estimate of drug-likeness (QED) is 0.923. The SMILES string of the molecule is CN1CCC(c2ccc(-c3cc(N)on3)cc2Br)C1. The van der Waals surface area contributed by atoms with Gasteiger partial charge in [-0.15, -0.1) is 0 Å². The molecule has 1 aromatic heterocycles. The fraction of sp³-hybridized carbons (Fsp3) is 0.357. The number of anilines is 1. The van der Waals surface area contributed by atoms with Crippen LogP contribution in [0.3, 0.4) is 0 Å². The van der Waals surface area contributed by atoms with Crippen molar-refractivity contribution in [3.05, 3.63) is 34.3 Å².